The van der Waals surface area contributed by atoms with Crippen molar-refractivity contribution in [2.24, 2.45) is 11.8 Å². The van der Waals surface area contributed by atoms with E-state index in [1.165, 1.54) is 12.8 Å². The second-order valence-corrected chi connectivity index (χ2v) is 6.77. The zero-order valence-corrected chi connectivity index (χ0v) is 12.7. The molecule has 1 saturated carbocycles. The fourth-order valence-electron chi connectivity index (χ4n) is 3.86. The van der Waals surface area contributed by atoms with Crippen molar-refractivity contribution < 1.29 is 9.59 Å². The maximum atomic E-state index is 12.8. The second kappa shape index (κ2) is 5.38. The van der Waals surface area contributed by atoms with Gasteiger partial charge >= 0.3 is 0 Å². The maximum Gasteiger partial charge on any atom is 0.246 e. The Morgan fingerprint density at radius 3 is 2.55 bits per heavy atom. The molecule has 0 spiro atoms. The van der Waals surface area contributed by atoms with Gasteiger partial charge in [-0.25, -0.2) is 0 Å². The molecule has 20 heavy (non-hydrogen) atoms. The fourth-order valence-corrected chi connectivity index (χ4v) is 3.86. The molecule has 3 unspecified atom stereocenters. The number of carbonyl (C=O) groups is 2. The molecule has 4 heteroatoms. The van der Waals surface area contributed by atoms with Gasteiger partial charge < -0.3 is 9.80 Å². The minimum absolute atomic E-state index is 0.162. The monoisotopic (exact) mass is 278 g/mol. The summed E-state index contributed by atoms with van der Waals surface area (Å²) in [7, 11) is 0. The third-order valence-electron chi connectivity index (χ3n) is 5.31. The Morgan fingerprint density at radius 1 is 1.15 bits per heavy atom. The van der Waals surface area contributed by atoms with Crippen LogP contribution < -0.4 is 0 Å². The first-order valence-electron chi connectivity index (χ1n) is 8.24. The van der Waals surface area contributed by atoms with E-state index in [9.17, 15) is 9.59 Å². The van der Waals surface area contributed by atoms with Crippen molar-refractivity contribution >= 4 is 11.8 Å². The van der Waals surface area contributed by atoms with Crippen molar-refractivity contribution in [3.8, 4) is 0 Å². The fraction of sp³-hybridized carbons (Fsp3) is 0.875. The zero-order valence-electron chi connectivity index (χ0n) is 12.7. The summed E-state index contributed by atoms with van der Waals surface area (Å²) in [6.45, 7) is 5.81. The number of piperazine rings is 1. The van der Waals surface area contributed by atoms with Crippen LogP contribution in [0.25, 0.3) is 0 Å². The van der Waals surface area contributed by atoms with Gasteiger partial charge in [0, 0.05) is 13.1 Å². The second-order valence-electron chi connectivity index (χ2n) is 6.77. The molecule has 112 valence electrons. The molecule has 0 aromatic carbocycles. The highest BCUT2D eigenvalue weighted by Crippen LogP contribution is 2.38. The molecule has 3 rings (SSSR count). The van der Waals surface area contributed by atoms with Crippen molar-refractivity contribution in [2.45, 2.75) is 64.5 Å². The van der Waals surface area contributed by atoms with Crippen LogP contribution >= 0.6 is 0 Å². The Labute approximate surface area is 121 Å². The third-order valence-corrected chi connectivity index (χ3v) is 5.31. The van der Waals surface area contributed by atoms with E-state index in [1.54, 1.807) is 0 Å². The lowest BCUT2D eigenvalue weighted by Crippen LogP contribution is -2.66. The Balaban J connectivity index is 1.78. The van der Waals surface area contributed by atoms with Crippen molar-refractivity contribution in [1.82, 2.24) is 9.80 Å². The molecule has 4 nitrogen and oxygen atoms in total. The van der Waals surface area contributed by atoms with E-state index in [-0.39, 0.29) is 23.9 Å². The first-order valence-corrected chi connectivity index (χ1v) is 8.24. The van der Waals surface area contributed by atoms with Crippen molar-refractivity contribution in [3.05, 3.63) is 0 Å². The number of hydrogen-bond acceptors (Lipinski definition) is 2. The highest BCUT2D eigenvalue weighted by molar-refractivity contribution is 5.97. The standard InChI is InChI=1S/C16H26N2O2/c1-3-13-15(19)17-9-5-4-6-14(17)16(20)18(13)10-11(2)12-7-8-12/h11-14H,3-10H2,1-2H3. The molecule has 0 aromatic rings. The van der Waals surface area contributed by atoms with E-state index < -0.39 is 0 Å². The predicted octanol–water partition coefficient (Wildman–Crippen LogP) is 2.03. The molecule has 0 N–H and O–H groups in total. The summed E-state index contributed by atoms with van der Waals surface area (Å²) in [6.07, 6.45) is 6.31. The molecule has 2 saturated heterocycles. The number of piperidine rings is 1. The van der Waals surface area contributed by atoms with Gasteiger partial charge in [-0.15, -0.1) is 0 Å². The van der Waals surface area contributed by atoms with Gasteiger partial charge in [0.1, 0.15) is 12.1 Å². The van der Waals surface area contributed by atoms with Gasteiger partial charge in [-0.3, -0.25) is 9.59 Å². The number of amides is 2. The number of hydrogen-bond donors (Lipinski definition) is 0. The van der Waals surface area contributed by atoms with Gasteiger partial charge in [-0.2, -0.15) is 0 Å². The Bertz CT molecular complexity index is 405. The number of nitrogens with zero attached hydrogens (tertiary/aromatic N) is 2. The van der Waals surface area contributed by atoms with Gasteiger partial charge in [-0.05, 0) is 50.4 Å². The number of carbonyl (C=O) groups excluding carboxylic acids is 2. The van der Waals surface area contributed by atoms with E-state index in [2.05, 4.69) is 6.92 Å². The lowest BCUT2D eigenvalue weighted by Gasteiger charge is -2.47. The van der Waals surface area contributed by atoms with Crippen LogP contribution in [0.4, 0.5) is 0 Å². The minimum Gasteiger partial charge on any atom is -0.329 e. The Kier molecular flexibility index (Phi) is 3.74. The summed E-state index contributed by atoms with van der Waals surface area (Å²) in [4.78, 5) is 29.2. The van der Waals surface area contributed by atoms with E-state index in [4.69, 9.17) is 0 Å². The van der Waals surface area contributed by atoms with Gasteiger partial charge in [-0.1, -0.05) is 13.8 Å². The summed E-state index contributed by atoms with van der Waals surface area (Å²) < 4.78 is 0. The highest BCUT2D eigenvalue weighted by atomic mass is 16.2. The summed E-state index contributed by atoms with van der Waals surface area (Å²) in [6, 6.07) is -0.372. The van der Waals surface area contributed by atoms with Gasteiger partial charge in [0.05, 0.1) is 0 Å². The molecule has 2 aliphatic heterocycles. The molecule has 1 aliphatic carbocycles. The molecular formula is C16H26N2O2. The predicted molar refractivity (Wildman–Crippen MR) is 77.0 cm³/mol. The van der Waals surface area contributed by atoms with Crippen molar-refractivity contribution in [2.75, 3.05) is 13.1 Å². The molecule has 0 bridgehead atoms. The van der Waals surface area contributed by atoms with Crippen molar-refractivity contribution in [1.29, 1.82) is 0 Å². The summed E-state index contributed by atoms with van der Waals surface area (Å²) in [5.74, 6) is 1.72. The quantitative estimate of drug-likeness (QED) is 0.789. The summed E-state index contributed by atoms with van der Waals surface area (Å²) >= 11 is 0. The van der Waals surface area contributed by atoms with Gasteiger partial charge in [0.25, 0.3) is 0 Å². The van der Waals surface area contributed by atoms with E-state index in [0.29, 0.717) is 5.92 Å². The highest BCUT2D eigenvalue weighted by Gasteiger charge is 2.46. The lowest BCUT2D eigenvalue weighted by molar-refractivity contribution is -0.164. The van der Waals surface area contributed by atoms with Crippen LogP contribution in [0.1, 0.15) is 52.4 Å². The SMILES string of the molecule is CCC1C(=O)N2CCCCC2C(=O)N1CC(C)C1CC1. The molecule has 3 aliphatic rings. The summed E-state index contributed by atoms with van der Waals surface area (Å²) in [5, 5.41) is 0. The van der Waals surface area contributed by atoms with Crippen LogP contribution in [-0.4, -0.2) is 46.8 Å². The van der Waals surface area contributed by atoms with Gasteiger partial charge in [0.2, 0.25) is 11.8 Å². The zero-order chi connectivity index (χ0) is 14.3. The Morgan fingerprint density at radius 2 is 1.90 bits per heavy atom. The van der Waals surface area contributed by atoms with Crippen LogP contribution in [0.15, 0.2) is 0 Å². The average molecular weight is 278 g/mol. The Hall–Kier alpha value is -1.06. The third kappa shape index (κ3) is 2.33. The molecular weight excluding hydrogens is 252 g/mol. The minimum atomic E-state index is -0.210. The molecule has 3 fully saturated rings. The molecule has 3 atom stereocenters. The normalized spacial score (nSPS) is 32.3. The van der Waals surface area contributed by atoms with Crippen LogP contribution in [0.2, 0.25) is 0 Å². The smallest absolute Gasteiger partial charge is 0.246 e. The van der Waals surface area contributed by atoms with Crippen LogP contribution in [0, 0.1) is 11.8 Å². The molecule has 2 amide bonds. The largest absolute Gasteiger partial charge is 0.329 e. The van der Waals surface area contributed by atoms with Crippen LogP contribution in [-0.2, 0) is 9.59 Å². The van der Waals surface area contributed by atoms with Gasteiger partial charge in [0.15, 0.2) is 0 Å². The van der Waals surface area contributed by atoms with E-state index >= 15 is 0 Å². The molecule has 2 heterocycles. The first-order chi connectivity index (χ1) is 9.63. The molecule has 0 radical (unpaired) electrons. The lowest BCUT2D eigenvalue weighted by atomic mass is 9.93. The topological polar surface area (TPSA) is 40.6 Å². The first kappa shape index (κ1) is 13.9. The molecule has 0 aromatic heterocycles. The van der Waals surface area contributed by atoms with Crippen molar-refractivity contribution in [3.63, 3.8) is 0 Å². The number of fused-ring (bicyclic) bond motifs is 1. The van der Waals surface area contributed by atoms with E-state index in [0.717, 1.165) is 44.7 Å². The van der Waals surface area contributed by atoms with Crippen LogP contribution in [0.5, 0.6) is 0 Å². The summed E-state index contributed by atoms with van der Waals surface area (Å²) in [5.41, 5.74) is 0. The maximum absolute atomic E-state index is 12.8. The van der Waals surface area contributed by atoms with Crippen LogP contribution in [0.3, 0.4) is 0 Å². The number of rotatable bonds is 4. The average Bonchev–Trinajstić information content (AvgIpc) is 3.29. The van der Waals surface area contributed by atoms with E-state index in [1.807, 2.05) is 16.7 Å².